The number of sulfone groups is 1. The molecule has 2 aromatic carbocycles. The third-order valence-electron chi connectivity index (χ3n) is 4.04. The van der Waals surface area contributed by atoms with E-state index in [1.807, 2.05) is 55.5 Å². The first-order valence-electron chi connectivity index (χ1n) is 8.26. The fraction of sp³-hybridized carbons (Fsp3) is 0.263. The summed E-state index contributed by atoms with van der Waals surface area (Å²) in [7, 11) is -3.26. The summed E-state index contributed by atoms with van der Waals surface area (Å²) < 4.78 is 25.1. The zero-order chi connectivity index (χ0) is 18.7. The average molecular weight is 371 g/mol. The van der Waals surface area contributed by atoms with Crippen molar-refractivity contribution < 1.29 is 13.2 Å². The molecule has 0 spiro atoms. The van der Waals surface area contributed by atoms with Crippen molar-refractivity contribution in [3.8, 4) is 0 Å². The van der Waals surface area contributed by atoms with Crippen LogP contribution in [0.2, 0.25) is 0 Å². The van der Waals surface area contributed by atoms with E-state index in [4.69, 9.17) is 0 Å². The van der Waals surface area contributed by atoms with Crippen molar-refractivity contribution in [3.63, 3.8) is 0 Å². The number of aryl methyl sites for hydroxylation is 1. The molecule has 1 amide bonds. The van der Waals surface area contributed by atoms with Crippen LogP contribution in [-0.2, 0) is 33.5 Å². The molecule has 0 atom stereocenters. The number of hydrogen-bond acceptors (Lipinski definition) is 4. The third kappa shape index (κ3) is 4.49. The third-order valence-corrected chi connectivity index (χ3v) is 4.82. The molecule has 0 radical (unpaired) electrons. The van der Waals surface area contributed by atoms with E-state index in [0.29, 0.717) is 17.9 Å². The number of fused-ring (bicyclic) bond motifs is 1. The Morgan fingerprint density at radius 1 is 1.12 bits per heavy atom. The number of rotatable bonds is 6. The summed E-state index contributed by atoms with van der Waals surface area (Å²) in [5.74, 6) is -0.0184. The highest BCUT2D eigenvalue weighted by molar-refractivity contribution is 7.89. The summed E-state index contributed by atoms with van der Waals surface area (Å²) in [6.45, 7) is 2.46. The van der Waals surface area contributed by atoms with Gasteiger partial charge in [-0.1, -0.05) is 42.0 Å². The molecule has 3 rings (SSSR count). The molecule has 6 nitrogen and oxygen atoms in total. The van der Waals surface area contributed by atoms with Crippen molar-refractivity contribution in [2.24, 2.45) is 0 Å². The summed E-state index contributed by atoms with van der Waals surface area (Å²) in [5, 5.41) is 2.87. The number of carbonyl (C=O) groups excluding carboxylic acids is 1. The Labute approximate surface area is 152 Å². The van der Waals surface area contributed by atoms with Crippen molar-refractivity contribution in [2.75, 3.05) is 6.26 Å². The second kappa shape index (κ2) is 7.29. The van der Waals surface area contributed by atoms with Gasteiger partial charge in [-0.2, -0.15) is 0 Å². The number of imidazole rings is 1. The van der Waals surface area contributed by atoms with Gasteiger partial charge in [0.1, 0.15) is 18.1 Å². The fourth-order valence-electron chi connectivity index (χ4n) is 2.75. The zero-order valence-electron chi connectivity index (χ0n) is 14.8. The van der Waals surface area contributed by atoms with Crippen LogP contribution in [0.3, 0.4) is 0 Å². The van der Waals surface area contributed by atoms with Gasteiger partial charge in [0, 0.05) is 12.8 Å². The Bertz CT molecular complexity index is 1040. The number of amides is 1. The number of aromatic nitrogens is 2. The molecule has 1 N–H and O–H groups in total. The highest BCUT2D eigenvalue weighted by Crippen LogP contribution is 2.17. The predicted molar refractivity (Wildman–Crippen MR) is 101 cm³/mol. The van der Waals surface area contributed by atoms with Gasteiger partial charge >= 0.3 is 0 Å². The number of hydrogen-bond donors (Lipinski definition) is 1. The lowest BCUT2D eigenvalue weighted by atomic mass is 10.1. The van der Waals surface area contributed by atoms with Gasteiger partial charge < -0.3 is 9.88 Å². The Morgan fingerprint density at radius 2 is 1.81 bits per heavy atom. The Hall–Kier alpha value is -2.67. The van der Waals surface area contributed by atoms with E-state index in [1.165, 1.54) is 0 Å². The van der Waals surface area contributed by atoms with Crippen molar-refractivity contribution in [3.05, 3.63) is 65.5 Å². The van der Waals surface area contributed by atoms with Crippen molar-refractivity contribution >= 4 is 26.8 Å². The second-order valence-corrected chi connectivity index (χ2v) is 8.58. The van der Waals surface area contributed by atoms with Crippen LogP contribution in [0.5, 0.6) is 0 Å². The van der Waals surface area contributed by atoms with Gasteiger partial charge in [0.15, 0.2) is 9.84 Å². The maximum atomic E-state index is 12.4. The molecule has 1 heterocycles. The summed E-state index contributed by atoms with van der Waals surface area (Å²) in [4.78, 5) is 16.8. The molecule has 0 saturated carbocycles. The van der Waals surface area contributed by atoms with Crippen LogP contribution in [0.4, 0.5) is 0 Å². The normalized spacial score (nSPS) is 11.6. The smallest absolute Gasteiger partial charge is 0.240 e. The number of nitrogens with one attached hydrogen (secondary N) is 1. The first-order valence-corrected chi connectivity index (χ1v) is 10.3. The summed E-state index contributed by atoms with van der Waals surface area (Å²) in [6, 6.07) is 15.2. The highest BCUT2D eigenvalue weighted by atomic mass is 32.2. The largest absolute Gasteiger partial charge is 0.350 e. The van der Waals surface area contributed by atoms with Gasteiger partial charge in [-0.3, -0.25) is 4.79 Å². The number of para-hydroxylation sites is 2. The molecule has 0 saturated heterocycles. The monoisotopic (exact) mass is 371 g/mol. The molecule has 0 aliphatic heterocycles. The lowest BCUT2D eigenvalue weighted by Gasteiger charge is -2.10. The maximum Gasteiger partial charge on any atom is 0.240 e. The molecule has 0 aliphatic rings. The molecule has 136 valence electrons. The van der Waals surface area contributed by atoms with Crippen LogP contribution >= 0.6 is 0 Å². The van der Waals surface area contributed by atoms with Crippen molar-refractivity contribution in [1.29, 1.82) is 0 Å². The van der Waals surface area contributed by atoms with Gasteiger partial charge in [-0.25, -0.2) is 13.4 Å². The Balaban J connectivity index is 1.79. The summed E-state index contributed by atoms with van der Waals surface area (Å²) in [5.41, 5.74) is 3.60. The molecule has 0 fully saturated rings. The van der Waals surface area contributed by atoms with E-state index in [9.17, 15) is 13.2 Å². The second-order valence-electron chi connectivity index (χ2n) is 6.44. The van der Waals surface area contributed by atoms with Gasteiger partial charge in [0.2, 0.25) is 5.91 Å². The molecule has 3 aromatic rings. The molecule has 7 heteroatoms. The van der Waals surface area contributed by atoms with Crippen LogP contribution in [-0.4, -0.2) is 30.1 Å². The summed E-state index contributed by atoms with van der Waals surface area (Å²) >= 11 is 0. The van der Waals surface area contributed by atoms with Gasteiger partial charge in [-0.15, -0.1) is 0 Å². The van der Waals surface area contributed by atoms with E-state index in [0.717, 1.165) is 22.9 Å². The van der Waals surface area contributed by atoms with Crippen LogP contribution in [0, 0.1) is 6.92 Å². The predicted octanol–water partition coefficient (Wildman–Crippen LogP) is 2.21. The van der Waals surface area contributed by atoms with Crippen molar-refractivity contribution in [1.82, 2.24) is 14.9 Å². The molecule has 0 aliphatic carbocycles. The van der Waals surface area contributed by atoms with E-state index in [-0.39, 0.29) is 18.2 Å². The zero-order valence-corrected chi connectivity index (χ0v) is 15.6. The van der Waals surface area contributed by atoms with Gasteiger partial charge in [-0.05, 0) is 24.6 Å². The standard InChI is InChI=1S/C19H21N3O3S/c1-14-7-9-15(10-8-14)11-20-19(23)12-22-17-6-4-3-5-16(17)21-18(22)13-26(2,24)25/h3-10H,11-13H2,1-2H3,(H,20,23). The molecule has 0 bridgehead atoms. The maximum absolute atomic E-state index is 12.4. The minimum atomic E-state index is -3.26. The van der Waals surface area contributed by atoms with E-state index >= 15 is 0 Å². The first-order chi connectivity index (χ1) is 12.3. The van der Waals surface area contributed by atoms with Crippen molar-refractivity contribution in [2.45, 2.75) is 25.8 Å². The minimum absolute atomic E-state index is 0.0250. The SMILES string of the molecule is Cc1ccc(CNC(=O)Cn2c(CS(C)(=O)=O)nc3ccccc32)cc1. The highest BCUT2D eigenvalue weighted by Gasteiger charge is 2.17. The number of benzene rings is 2. The quantitative estimate of drug-likeness (QED) is 0.720. The topological polar surface area (TPSA) is 81.1 Å². The van der Waals surface area contributed by atoms with Crippen LogP contribution in [0.1, 0.15) is 17.0 Å². The van der Waals surface area contributed by atoms with Crippen LogP contribution in [0.15, 0.2) is 48.5 Å². The molecular formula is C19H21N3O3S. The van der Waals surface area contributed by atoms with Gasteiger partial charge in [0.25, 0.3) is 0 Å². The molecule has 1 aromatic heterocycles. The Morgan fingerprint density at radius 3 is 2.50 bits per heavy atom. The van der Waals surface area contributed by atoms with Crippen LogP contribution in [0.25, 0.3) is 11.0 Å². The lowest BCUT2D eigenvalue weighted by molar-refractivity contribution is -0.121. The Kier molecular flexibility index (Phi) is 5.08. The average Bonchev–Trinajstić information content (AvgIpc) is 2.90. The molecule has 0 unspecified atom stereocenters. The fourth-order valence-corrected chi connectivity index (χ4v) is 3.44. The van der Waals surface area contributed by atoms with E-state index in [1.54, 1.807) is 4.57 Å². The molecule has 26 heavy (non-hydrogen) atoms. The molecular weight excluding hydrogens is 350 g/mol. The number of nitrogens with zero attached hydrogens (tertiary/aromatic N) is 2. The van der Waals surface area contributed by atoms with E-state index in [2.05, 4.69) is 10.3 Å². The number of carbonyl (C=O) groups is 1. The van der Waals surface area contributed by atoms with E-state index < -0.39 is 9.84 Å². The first kappa shape index (κ1) is 18.1. The lowest BCUT2D eigenvalue weighted by Crippen LogP contribution is -2.28. The van der Waals surface area contributed by atoms with Crippen LogP contribution < -0.4 is 5.32 Å². The summed E-state index contributed by atoms with van der Waals surface area (Å²) in [6.07, 6.45) is 1.16. The minimum Gasteiger partial charge on any atom is -0.350 e. The van der Waals surface area contributed by atoms with Gasteiger partial charge in [0.05, 0.1) is 11.0 Å².